The normalized spacial score (nSPS) is 24.8. The van der Waals surface area contributed by atoms with Crippen LogP contribution in [0.25, 0.3) is 10.9 Å². The zero-order valence-electron chi connectivity index (χ0n) is 10.3. The average molecular weight is 306 g/mol. The second-order valence-electron chi connectivity index (χ2n) is 4.91. The van der Waals surface area contributed by atoms with Crippen LogP contribution < -0.4 is 5.73 Å². The highest BCUT2D eigenvalue weighted by atomic mass is 79.9. The van der Waals surface area contributed by atoms with Crippen LogP contribution in [-0.4, -0.2) is 29.5 Å². The van der Waals surface area contributed by atoms with Crippen molar-refractivity contribution in [1.82, 2.24) is 9.88 Å². The van der Waals surface area contributed by atoms with Gasteiger partial charge in [-0.2, -0.15) is 0 Å². The first kappa shape index (κ1) is 12.1. The second kappa shape index (κ2) is 4.61. The summed E-state index contributed by atoms with van der Waals surface area (Å²) in [7, 11) is 2.13. The summed E-state index contributed by atoms with van der Waals surface area (Å²) in [5.74, 6) is 0. The Hall–Kier alpha value is -0.970. The predicted octanol–water partition coefficient (Wildman–Crippen LogP) is 2.70. The Morgan fingerprint density at radius 3 is 2.94 bits per heavy atom. The molecule has 3 nitrogen and oxygen atoms in total. The highest BCUT2D eigenvalue weighted by Crippen LogP contribution is 2.35. The van der Waals surface area contributed by atoms with Crippen LogP contribution in [0, 0.1) is 0 Å². The minimum absolute atomic E-state index is 0.196. The Bertz CT molecular complexity index is 574. The van der Waals surface area contributed by atoms with E-state index in [-0.39, 0.29) is 12.1 Å². The molecule has 0 bridgehead atoms. The third kappa shape index (κ3) is 1.85. The van der Waals surface area contributed by atoms with Crippen LogP contribution >= 0.6 is 15.9 Å². The van der Waals surface area contributed by atoms with Crippen LogP contribution in [0.5, 0.6) is 0 Å². The van der Waals surface area contributed by atoms with Crippen LogP contribution in [0.3, 0.4) is 0 Å². The Labute approximate surface area is 115 Å². The number of likely N-dealkylation sites (N-methyl/N-ethyl adjacent to an activating group) is 1. The number of nitrogens with zero attached hydrogens (tertiary/aromatic N) is 2. The molecule has 0 saturated carbocycles. The molecule has 18 heavy (non-hydrogen) atoms. The third-order valence-corrected chi connectivity index (χ3v) is 4.45. The molecule has 2 N–H and O–H groups in total. The number of likely N-dealkylation sites (tertiary alicyclic amines) is 1. The molecule has 2 aromatic rings. The zero-order valence-corrected chi connectivity index (χ0v) is 11.9. The van der Waals surface area contributed by atoms with Crippen molar-refractivity contribution >= 4 is 26.8 Å². The van der Waals surface area contributed by atoms with Crippen molar-refractivity contribution in [2.45, 2.75) is 18.5 Å². The van der Waals surface area contributed by atoms with Crippen molar-refractivity contribution in [1.29, 1.82) is 0 Å². The maximum Gasteiger partial charge on any atom is 0.0761 e. The minimum Gasteiger partial charge on any atom is -0.326 e. The molecule has 2 heterocycles. The molecular formula is C14H16BrN3. The number of hydrogen-bond acceptors (Lipinski definition) is 3. The molecule has 1 aromatic heterocycles. The van der Waals surface area contributed by atoms with E-state index in [1.165, 1.54) is 5.56 Å². The first-order chi connectivity index (χ1) is 8.68. The lowest BCUT2D eigenvalue weighted by molar-refractivity contribution is 0.305. The van der Waals surface area contributed by atoms with E-state index >= 15 is 0 Å². The highest BCUT2D eigenvalue weighted by molar-refractivity contribution is 9.10. The number of rotatable bonds is 1. The SMILES string of the molecule is CN1CCC(N)C1c1ccc(Br)c2cccnc12. The lowest BCUT2D eigenvalue weighted by atomic mass is 9.98. The number of halogens is 1. The van der Waals surface area contributed by atoms with Crippen molar-refractivity contribution in [3.8, 4) is 0 Å². The first-order valence-corrected chi connectivity index (χ1v) is 6.97. The summed E-state index contributed by atoms with van der Waals surface area (Å²) in [5.41, 5.74) is 8.54. The summed E-state index contributed by atoms with van der Waals surface area (Å²) in [4.78, 5) is 6.86. The molecular weight excluding hydrogens is 290 g/mol. The maximum absolute atomic E-state index is 6.25. The van der Waals surface area contributed by atoms with Gasteiger partial charge in [0.15, 0.2) is 0 Å². The van der Waals surface area contributed by atoms with E-state index in [9.17, 15) is 0 Å². The fraction of sp³-hybridized carbons (Fsp3) is 0.357. The van der Waals surface area contributed by atoms with Crippen LogP contribution in [0.2, 0.25) is 0 Å². The highest BCUT2D eigenvalue weighted by Gasteiger charge is 2.31. The molecule has 1 aromatic carbocycles. The van der Waals surface area contributed by atoms with E-state index < -0.39 is 0 Å². The smallest absolute Gasteiger partial charge is 0.0761 e. The first-order valence-electron chi connectivity index (χ1n) is 6.17. The molecule has 1 fully saturated rings. The monoisotopic (exact) mass is 305 g/mol. The van der Waals surface area contributed by atoms with Crippen LogP contribution in [-0.2, 0) is 0 Å². The van der Waals surface area contributed by atoms with Gasteiger partial charge in [0.25, 0.3) is 0 Å². The van der Waals surface area contributed by atoms with Gasteiger partial charge in [0.05, 0.1) is 11.6 Å². The molecule has 0 aliphatic carbocycles. The van der Waals surface area contributed by atoms with Gasteiger partial charge in [-0.15, -0.1) is 0 Å². The lowest BCUT2D eigenvalue weighted by Gasteiger charge is -2.24. The molecule has 1 saturated heterocycles. The molecule has 2 atom stereocenters. The van der Waals surface area contributed by atoms with E-state index in [0.717, 1.165) is 28.3 Å². The van der Waals surface area contributed by atoms with E-state index in [2.05, 4.69) is 51.1 Å². The lowest BCUT2D eigenvalue weighted by Crippen LogP contribution is -2.29. The van der Waals surface area contributed by atoms with Crippen molar-refractivity contribution in [3.05, 3.63) is 40.5 Å². The van der Waals surface area contributed by atoms with Crippen molar-refractivity contribution in [2.24, 2.45) is 5.73 Å². The van der Waals surface area contributed by atoms with Gasteiger partial charge in [-0.3, -0.25) is 9.88 Å². The van der Waals surface area contributed by atoms with Crippen LogP contribution in [0.1, 0.15) is 18.0 Å². The van der Waals surface area contributed by atoms with Gasteiger partial charge in [-0.1, -0.05) is 28.1 Å². The number of aromatic nitrogens is 1. The van der Waals surface area contributed by atoms with Crippen molar-refractivity contribution in [3.63, 3.8) is 0 Å². The summed E-state index contributed by atoms with van der Waals surface area (Å²) >= 11 is 3.58. The van der Waals surface area contributed by atoms with Gasteiger partial charge in [0.1, 0.15) is 0 Å². The molecule has 1 aliphatic rings. The number of pyridine rings is 1. The maximum atomic E-state index is 6.25. The third-order valence-electron chi connectivity index (χ3n) is 3.76. The predicted molar refractivity (Wildman–Crippen MR) is 77.4 cm³/mol. The van der Waals surface area contributed by atoms with Crippen LogP contribution in [0.15, 0.2) is 34.9 Å². The van der Waals surface area contributed by atoms with Gasteiger partial charge in [0, 0.05) is 28.6 Å². The topological polar surface area (TPSA) is 42.1 Å². The van der Waals surface area contributed by atoms with Crippen molar-refractivity contribution in [2.75, 3.05) is 13.6 Å². The summed E-state index contributed by atoms with van der Waals surface area (Å²) in [6.07, 6.45) is 2.89. The van der Waals surface area contributed by atoms with Gasteiger partial charge < -0.3 is 5.73 Å². The minimum atomic E-state index is 0.196. The van der Waals surface area contributed by atoms with Gasteiger partial charge in [-0.25, -0.2) is 0 Å². The van der Waals surface area contributed by atoms with E-state index in [0.29, 0.717) is 0 Å². The fourth-order valence-electron chi connectivity index (χ4n) is 2.84. The molecule has 0 amide bonds. The number of hydrogen-bond donors (Lipinski definition) is 1. The molecule has 3 rings (SSSR count). The van der Waals surface area contributed by atoms with E-state index in [1.54, 1.807) is 0 Å². The summed E-state index contributed by atoms with van der Waals surface area (Å²) in [5, 5.41) is 1.16. The molecule has 0 radical (unpaired) electrons. The summed E-state index contributed by atoms with van der Waals surface area (Å²) in [6, 6.07) is 8.77. The van der Waals surface area contributed by atoms with E-state index in [1.807, 2.05) is 12.3 Å². The largest absolute Gasteiger partial charge is 0.326 e. The Morgan fingerprint density at radius 2 is 2.22 bits per heavy atom. The molecule has 94 valence electrons. The standard InChI is InChI=1S/C14H16BrN3/c1-18-8-6-12(16)14(18)10-4-5-11(15)9-3-2-7-17-13(9)10/h2-5,7,12,14H,6,8,16H2,1H3. The fourth-order valence-corrected chi connectivity index (χ4v) is 3.30. The Kier molecular flexibility index (Phi) is 3.09. The van der Waals surface area contributed by atoms with Gasteiger partial charge in [-0.05, 0) is 31.2 Å². The summed E-state index contributed by atoms with van der Waals surface area (Å²) < 4.78 is 1.09. The number of benzene rings is 1. The molecule has 1 aliphatic heterocycles. The second-order valence-corrected chi connectivity index (χ2v) is 5.77. The molecule has 0 spiro atoms. The van der Waals surface area contributed by atoms with Gasteiger partial charge >= 0.3 is 0 Å². The van der Waals surface area contributed by atoms with E-state index in [4.69, 9.17) is 5.73 Å². The number of nitrogens with two attached hydrogens (primary N) is 1. The Morgan fingerprint density at radius 1 is 1.39 bits per heavy atom. The Balaban J connectivity index is 2.21. The quantitative estimate of drug-likeness (QED) is 0.881. The zero-order chi connectivity index (χ0) is 12.7. The average Bonchev–Trinajstić information content (AvgIpc) is 2.71. The van der Waals surface area contributed by atoms with Crippen LogP contribution in [0.4, 0.5) is 0 Å². The van der Waals surface area contributed by atoms with Crippen molar-refractivity contribution < 1.29 is 0 Å². The summed E-state index contributed by atoms with van der Waals surface area (Å²) in [6.45, 7) is 1.05. The van der Waals surface area contributed by atoms with Gasteiger partial charge in [0.2, 0.25) is 0 Å². The molecule has 4 heteroatoms. The molecule has 2 unspecified atom stereocenters. The number of fused-ring (bicyclic) bond motifs is 1.